The number of hydrogen-bond donors (Lipinski definition) is 0. The molecule has 3 heteroatoms. The van der Waals surface area contributed by atoms with Crippen LogP contribution >= 0.6 is 0 Å². The van der Waals surface area contributed by atoms with Gasteiger partial charge in [0.25, 0.3) is 0 Å². The van der Waals surface area contributed by atoms with Crippen molar-refractivity contribution in [3.63, 3.8) is 0 Å². The first-order valence-corrected chi connectivity index (χ1v) is 14.9. The molecule has 7 rings (SSSR count). The molecule has 0 aromatic heterocycles. The van der Waals surface area contributed by atoms with E-state index < -0.39 is 0 Å². The van der Waals surface area contributed by atoms with Crippen molar-refractivity contribution in [3.05, 3.63) is 157 Å². The minimum atomic E-state index is 0.666. The Morgan fingerprint density at radius 3 is 1.07 bits per heavy atom. The van der Waals surface area contributed by atoms with E-state index in [0.717, 1.165) is 34.1 Å². The van der Waals surface area contributed by atoms with Crippen molar-refractivity contribution < 1.29 is 0 Å². The topological polar surface area (TPSA) is 6.48 Å². The Bertz CT molecular complexity index is 1750. The van der Waals surface area contributed by atoms with Crippen molar-refractivity contribution in [2.75, 3.05) is 23.9 Å². The van der Waals surface area contributed by atoms with Crippen molar-refractivity contribution in [1.29, 1.82) is 0 Å². The normalized spacial score (nSPS) is 12.8. The van der Waals surface area contributed by atoms with Gasteiger partial charge in [0, 0.05) is 46.0 Å². The van der Waals surface area contributed by atoms with Gasteiger partial charge < -0.3 is 9.80 Å². The average molecular weight is 559 g/mol. The number of para-hydroxylation sites is 2. The summed E-state index contributed by atoms with van der Waals surface area (Å²) in [5, 5.41) is 0. The highest BCUT2D eigenvalue weighted by Crippen LogP contribution is 2.54. The third kappa shape index (κ3) is 4.78. The summed E-state index contributed by atoms with van der Waals surface area (Å²) in [6.45, 7) is 4.27. The smallest absolute Gasteiger partial charge is 0.147 e. The molecule has 1 aliphatic heterocycles. The fourth-order valence-corrected chi connectivity index (χ4v) is 6.26. The second-order valence-electron chi connectivity index (χ2n) is 11.9. The summed E-state index contributed by atoms with van der Waals surface area (Å²) in [6.07, 6.45) is 0. The number of rotatable bonds is 6. The lowest BCUT2D eigenvalue weighted by molar-refractivity contribution is 0.568. The third-order valence-electron chi connectivity index (χ3n) is 8.59. The third-order valence-corrected chi connectivity index (χ3v) is 8.59. The van der Waals surface area contributed by atoms with Crippen LogP contribution < -0.4 is 14.3 Å². The van der Waals surface area contributed by atoms with Gasteiger partial charge in [0.1, 0.15) is 11.4 Å². The Morgan fingerprint density at radius 1 is 0.372 bits per heavy atom. The van der Waals surface area contributed by atoms with Crippen LogP contribution in [-0.2, 0) is 0 Å². The van der Waals surface area contributed by atoms with Crippen LogP contribution in [-0.4, -0.2) is 14.1 Å². The average Bonchev–Trinajstić information content (AvgIpc) is 3.26. The first kappa shape index (κ1) is 26.8. The first-order chi connectivity index (χ1) is 20.9. The van der Waals surface area contributed by atoms with E-state index in [2.05, 4.69) is 183 Å². The Labute approximate surface area is 255 Å². The Kier molecular flexibility index (Phi) is 6.61. The van der Waals surface area contributed by atoms with Crippen LogP contribution in [0.2, 0.25) is 0 Å². The van der Waals surface area contributed by atoms with Crippen LogP contribution in [0.5, 0.6) is 0 Å². The fourth-order valence-electron chi connectivity index (χ4n) is 6.26. The van der Waals surface area contributed by atoms with Crippen molar-refractivity contribution in [2.45, 2.75) is 13.8 Å². The molecule has 43 heavy (non-hydrogen) atoms. The van der Waals surface area contributed by atoms with Crippen molar-refractivity contribution in [2.24, 2.45) is 0 Å². The van der Waals surface area contributed by atoms with Crippen LogP contribution in [0.25, 0.3) is 11.1 Å². The summed E-state index contributed by atoms with van der Waals surface area (Å²) in [5.41, 5.74) is 14.6. The summed E-state index contributed by atoms with van der Waals surface area (Å²) in [7, 11) is 4.60. The quantitative estimate of drug-likeness (QED) is 0.188. The Hall–Kier alpha value is -5.12. The highest BCUT2D eigenvalue weighted by Gasteiger charge is 2.38. The zero-order chi connectivity index (χ0) is 29.6. The highest BCUT2D eigenvalue weighted by molar-refractivity contribution is 5.98. The van der Waals surface area contributed by atoms with Crippen molar-refractivity contribution >= 4 is 45.5 Å². The molecule has 0 fully saturated rings. The zero-order valence-corrected chi connectivity index (χ0v) is 25.2. The van der Waals surface area contributed by atoms with Gasteiger partial charge in [-0.2, -0.15) is 0 Å². The molecule has 1 heterocycles. The first-order valence-electron chi connectivity index (χ1n) is 14.9. The van der Waals surface area contributed by atoms with E-state index in [4.69, 9.17) is 0 Å². The maximum Gasteiger partial charge on any atom is 0.147 e. The monoisotopic (exact) mass is 558 g/mol. The summed E-state index contributed by atoms with van der Waals surface area (Å²) in [4.78, 5) is 4.70. The van der Waals surface area contributed by atoms with E-state index >= 15 is 0 Å². The molecule has 0 aliphatic carbocycles. The van der Waals surface area contributed by atoms with E-state index in [1.807, 2.05) is 0 Å². The summed E-state index contributed by atoms with van der Waals surface area (Å²) >= 11 is 0. The lowest BCUT2D eigenvalue weighted by Crippen LogP contribution is -2.32. The number of benzene rings is 6. The minimum Gasteiger partial charge on any atom is -0.310 e. The molecule has 0 N–H and O–H groups in total. The fraction of sp³-hybridized carbons (Fsp3) is 0.100. The van der Waals surface area contributed by atoms with Gasteiger partial charge in [-0.25, -0.2) is 0 Å². The van der Waals surface area contributed by atoms with Gasteiger partial charge in [0.15, 0.2) is 0 Å². The molecule has 0 atom stereocenters. The molecule has 0 saturated carbocycles. The predicted octanol–water partition coefficient (Wildman–Crippen LogP) is 11.1. The second kappa shape index (κ2) is 10.6. The summed E-state index contributed by atoms with van der Waals surface area (Å²) in [5.74, 6) is 0. The summed E-state index contributed by atoms with van der Waals surface area (Å²) in [6, 6.07) is 52.7. The molecule has 0 radical (unpaired) electrons. The Morgan fingerprint density at radius 2 is 0.698 bits per heavy atom. The lowest BCUT2D eigenvalue weighted by Gasteiger charge is -2.30. The van der Waals surface area contributed by atoms with Gasteiger partial charge in [-0.05, 0) is 86.6 Å². The molecule has 0 amide bonds. The number of fused-ring (bicyclic) bond motifs is 3. The molecule has 3 nitrogen and oxygen atoms in total. The highest BCUT2D eigenvalue weighted by atomic mass is 15.3. The van der Waals surface area contributed by atoms with Crippen LogP contribution in [0.1, 0.15) is 11.1 Å². The molecule has 210 valence electrons. The molecule has 0 spiro atoms. The van der Waals surface area contributed by atoms with Gasteiger partial charge >= 0.3 is 0 Å². The largest absolute Gasteiger partial charge is 0.310 e. The lowest BCUT2D eigenvalue weighted by atomic mass is 10.0. The van der Waals surface area contributed by atoms with Crippen molar-refractivity contribution in [3.8, 4) is 11.1 Å². The van der Waals surface area contributed by atoms with E-state index in [9.17, 15) is 0 Å². The van der Waals surface area contributed by atoms with Crippen molar-refractivity contribution in [1.82, 2.24) is 4.48 Å². The van der Waals surface area contributed by atoms with Gasteiger partial charge in [-0.3, -0.25) is 4.48 Å². The Balaban J connectivity index is 1.33. The van der Waals surface area contributed by atoms with Crippen LogP contribution in [0.4, 0.5) is 45.5 Å². The molecule has 0 unspecified atom stereocenters. The number of nitrogens with zero attached hydrogens (tertiary/aromatic N) is 3. The van der Waals surface area contributed by atoms with E-state index in [1.54, 1.807) is 0 Å². The predicted molar refractivity (Wildman–Crippen MR) is 184 cm³/mol. The second-order valence-corrected chi connectivity index (χ2v) is 11.9. The molecule has 6 aromatic rings. The number of anilines is 6. The molecular formula is C40H36N3+. The molecule has 0 saturated heterocycles. The van der Waals surface area contributed by atoms with E-state index in [1.165, 1.54) is 33.6 Å². The van der Waals surface area contributed by atoms with Crippen LogP contribution in [0.3, 0.4) is 0 Å². The van der Waals surface area contributed by atoms with Gasteiger partial charge in [-0.1, -0.05) is 71.8 Å². The zero-order valence-electron chi connectivity index (χ0n) is 25.2. The van der Waals surface area contributed by atoms with Gasteiger partial charge in [-0.15, -0.1) is 0 Å². The summed E-state index contributed by atoms with van der Waals surface area (Å²) < 4.78 is 0.666. The number of quaternary nitrogens is 1. The van der Waals surface area contributed by atoms with E-state index in [0.29, 0.717) is 4.48 Å². The van der Waals surface area contributed by atoms with Gasteiger partial charge in [0.2, 0.25) is 0 Å². The number of hydrogen-bond acceptors (Lipinski definition) is 2. The van der Waals surface area contributed by atoms with Crippen LogP contribution in [0.15, 0.2) is 146 Å². The van der Waals surface area contributed by atoms with Gasteiger partial charge in [0.05, 0.1) is 25.5 Å². The molecular weight excluding hydrogens is 522 g/mol. The maximum absolute atomic E-state index is 2.37. The minimum absolute atomic E-state index is 0.666. The number of aryl methyl sites for hydroxylation is 2. The molecule has 1 aliphatic rings. The van der Waals surface area contributed by atoms with Crippen LogP contribution in [0, 0.1) is 13.8 Å². The SMILES string of the molecule is Cc1ccc(N(c2ccccc2)c2ccc3c(c2)[N+](C)(C)c2cc(N(c4ccccc4)c4ccc(C)cc4)ccc2-3)cc1. The van der Waals surface area contributed by atoms with E-state index in [-0.39, 0.29) is 0 Å². The standard InChI is InChI=1S/C40H36N3/c1-29-15-19-33(20-16-29)41(31-11-7-5-8-12-31)35-23-25-37-38-26-24-36(28-40(38)43(3,4)39(37)27-35)42(32-13-9-6-10-14-32)34-21-17-30(2)18-22-34/h5-28H,1-4H3/q+1. The molecule has 0 bridgehead atoms. The molecule has 6 aromatic carbocycles. The maximum atomic E-state index is 2.37.